The molecule has 3 heteroatoms. The van der Waals surface area contributed by atoms with E-state index in [0.717, 1.165) is 0 Å². The van der Waals surface area contributed by atoms with Crippen molar-refractivity contribution < 1.29 is 0 Å². The smallest absolute Gasteiger partial charge is 0.0431 e. The summed E-state index contributed by atoms with van der Waals surface area (Å²) in [6, 6.07) is 15.5. The van der Waals surface area contributed by atoms with Crippen LogP contribution in [0.3, 0.4) is 0 Å². The van der Waals surface area contributed by atoms with Crippen LogP contribution in [0.1, 0.15) is 248 Å². The summed E-state index contributed by atoms with van der Waals surface area (Å²) < 4.78 is 0. The molecule has 1 aliphatic rings. The van der Waals surface area contributed by atoms with Crippen LogP contribution in [0.2, 0.25) is 0 Å². The molecule has 0 bridgehead atoms. The maximum Gasteiger partial charge on any atom is 0.0431 e. The van der Waals surface area contributed by atoms with Crippen molar-refractivity contribution >= 4 is 45.3 Å². The summed E-state index contributed by atoms with van der Waals surface area (Å²) in [5, 5.41) is 6.13. The van der Waals surface area contributed by atoms with Crippen LogP contribution in [0.4, 0.5) is 0 Å². The molecule has 0 amide bonds. The first-order valence-electron chi connectivity index (χ1n) is 22.8. The van der Waals surface area contributed by atoms with E-state index in [1.807, 2.05) is 0 Å². The zero-order valence-electron chi connectivity index (χ0n) is 43.8. The summed E-state index contributed by atoms with van der Waals surface area (Å²) in [6.07, 6.45) is 0. The Bertz CT molecular complexity index is 2110. The summed E-state index contributed by atoms with van der Waals surface area (Å²) in [5.41, 5.74) is 16.2. The topological polar surface area (TPSA) is 0 Å². The number of rotatable bonds is 3. The predicted octanol–water partition coefficient (Wildman–Crippen LogP) is 17.4. The van der Waals surface area contributed by atoms with Gasteiger partial charge in [-0.1, -0.05) is 240 Å². The van der Waals surface area contributed by atoms with Gasteiger partial charge in [0, 0.05) is 20.7 Å². The monoisotopic (exact) mass is 865 g/mol. The molecule has 3 aromatic carbocycles. The first-order chi connectivity index (χ1) is 26.4. The summed E-state index contributed by atoms with van der Waals surface area (Å²) in [7, 11) is 4.02. The molecule has 4 rings (SSSR count). The van der Waals surface area contributed by atoms with Crippen molar-refractivity contribution in [2.24, 2.45) is 0 Å². The molecule has 1 heterocycles. The molecule has 0 saturated heterocycles. The van der Waals surface area contributed by atoms with E-state index in [2.05, 4.69) is 223 Å². The van der Waals surface area contributed by atoms with Crippen molar-refractivity contribution in [1.82, 2.24) is 0 Å². The van der Waals surface area contributed by atoms with Gasteiger partial charge in [0.1, 0.15) is 0 Å². The molecular weight excluding hydrogens is 778 g/mol. The van der Waals surface area contributed by atoms with Crippen LogP contribution in [-0.2, 0) is 48.7 Å². The lowest BCUT2D eigenvalue weighted by Gasteiger charge is -2.34. The fourth-order valence-electron chi connectivity index (χ4n) is 8.14. The lowest BCUT2D eigenvalue weighted by Crippen LogP contribution is -2.30. The molecule has 0 unspecified atom stereocenters. The van der Waals surface area contributed by atoms with E-state index >= 15 is 0 Å². The second-order valence-corrected chi connectivity index (χ2v) is 31.5. The lowest BCUT2D eigenvalue weighted by molar-refractivity contribution is 0.546. The van der Waals surface area contributed by atoms with Crippen LogP contribution in [0.25, 0.3) is 0 Å². The highest BCUT2D eigenvalue weighted by atomic mass is 31.1. The fraction of sp³-hybridized carbons (Fsp3) is 0.632. The lowest BCUT2D eigenvalue weighted by atomic mass is 9.72. The van der Waals surface area contributed by atoms with Crippen molar-refractivity contribution in [2.45, 2.75) is 236 Å². The minimum atomic E-state index is -0.0518. The molecule has 60 heavy (non-hydrogen) atoms. The average molecular weight is 865 g/mol. The van der Waals surface area contributed by atoms with Crippen molar-refractivity contribution in [3.05, 3.63) is 97.6 Å². The van der Waals surface area contributed by atoms with Crippen LogP contribution in [0, 0.1) is 0 Å². The van der Waals surface area contributed by atoms with Crippen molar-refractivity contribution in [2.75, 3.05) is 0 Å². The van der Waals surface area contributed by atoms with E-state index in [-0.39, 0.29) is 48.7 Å². The second-order valence-electron chi connectivity index (χ2n) is 27.4. The zero-order valence-corrected chi connectivity index (χ0v) is 46.5. The van der Waals surface area contributed by atoms with E-state index in [0.29, 0.717) is 0 Å². The molecular formula is C57H87P3. The summed E-state index contributed by atoms with van der Waals surface area (Å²) in [6.45, 7) is 65.3. The first-order valence-corrected chi connectivity index (χ1v) is 25.5. The molecule has 0 atom stereocenters. The van der Waals surface area contributed by atoms with Gasteiger partial charge in [0.2, 0.25) is 0 Å². The van der Waals surface area contributed by atoms with Gasteiger partial charge in [-0.15, -0.1) is 0 Å². The van der Waals surface area contributed by atoms with Crippen molar-refractivity contribution in [1.29, 1.82) is 0 Å². The molecule has 0 fully saturated rings. The molecule has 0 radical (unpaired) electrons. The van der Waals surface area contributed by atoms with Gasteiger partial charge in [0.15, 0.2) is 0 Å². The zero-order chi connectivity index (χ0) is 46.5. The van der Waals surface area contributed by atoms with E-state index in [9.17, 15) is 0 Å². The molecule has 0 aliphatic carbocycles. The largest absolute Gasteiger partial charge is 0.0561 e. The molecule has 3 aromatic rings. The number of hydrogen-bond donors (Lipinski definition) is 0. The van der Waals surface area contributed by atoms with E-state index < -0.39 is 0 Å². The van der Waals surface area contributed by atoms with Gasteiger partial charge >= 0.3 is 0 Å². The van der Waals surface area contributed by atoms with Crippen LogP contribution in [-0.4, -0.2) is 15.4 Å². The third-order valence-electron chi connectivity index (χ3n) is 12.2. The first kappa shape index (κ1) is 50.8. The summed E-state index contributed by atoms with van der Waals surface area (Å²) >= 11 is 0. The Hall–Kier alpha value is -1.83. The molecule has 330 valence electrons. The molecule has 0 spiro atoms. The highest BCUT2D eigenvalue weighted by Gasteiger charge is 2.37. The van der Waals surface area contributed by atoms with E-state index in [1.165, 1.54) is 96.4 Å². The number of hydrogen-bond acceptors (Lipinski definition) is 0. The summed E-state index contributed by atoms with van der Waals surface area (Å²) in [5.74, 6) is 0. The summed E-state index contributed by atoms with van der Waals surface area (Å²) in [4.78, 5) is 0. The molecule has 1 aliphatic heterocycles. The molecule has 0 N–H and O–H groups in total. The van der Waals surface area contributed by atoms with E-state index in [1.54, 1.807) is 10.1 Å². The Morgan fingerprint density at radius 1 is 0.300 bits per heavy atom. The standard InChI is InChI=1S/C57H87P3/c1-49(2,3)34-28-37(52(10,11)12)43(38(29-34)53(13,14)15)46-48(58-45-41(56(22,23)24)32-36(51(7,8)9)33-42(45)57(25,26)27)60-47(59-46)44-39(54(16,17)18)30-35(50(4,5)6)31-40(44)55(19,20)21/h28-33H,1-27H3. The van der Waals surface area contributed by atoms with Gasteiger partial charge < -0.3 is 0 Å². The van der Waals surface area contributed by atoms with Crippen molar-refractivity contribution in [3.63, 3.8) is 0 Å². The highest BCUT2D eigenvalue weighted by Crippen LogP contribution is 2.48. The van der Waals surface area contributed by atoms with Gasteiger partial charge in [0.05, 0.1) is 0 Å². The van der Waals surface area contributed by atoms with Crippen LogP contribution < -0.4 is 5.30 Å². The maximum absolute atomic E-state index is 2.59. The van der Waals surface area contributed by atoms with Gasteiger partial charge in [-0.3, -0.25) is 0 Å². The quantitative estimate of drug-likeness (QED) is 0.230. The van der Waals surface area contributed by atoms with Gasteiger partial charge in [-0.25, -0.2) is 0 Å². The normalized spacial score (nSPS) is 16.7. The predicted molar refractivity (Wildman–Crippen MR) is 281 cm³/mol. The Balaban J connectivity index is 2.42. The minimum Gasteiger partial charge on any atom is -0.0561 e. The third-order valence-corrected chi connectivity index (χ3v) is 16.8. The van der Waals surface area contributed by atoms with Crippen molar-refractivity contribution in [3.8, 4) is 0 Å². The minimum absolute atomic E-state index is 0.0207. The Morgan fingerprint density at radius 3 is 0.800 bits per heavy atom. The van der Waals surface area contributed by atoms with Gasteiger partial charge in [0.25, 0.3) is 0 Å². The SMILES string of the molecule is CC(C)(C)c1cc(C(C)(C)C)c(P=C2P=C(c3c(C(C)(C)C)cc(C(C)(C)C)cc3C(C)(C)C)P=C2c2c(C(C)(C)C)cc(C(C)(C)C)cc2C(C)(C)C)c(C(C)(C)C)c1. The molecule has 0 saturated carbocycles. The Labute approximate surface area is 376 Å². The highest BCUT2D eigenvalue weighted by molar-refractivity contribution is 7.97. The molecule has 0 aromatic heterocycles. The van der Waals surface area contributed by atoms with Gasteiger partial charge in [-0.2, -0.15) is 0 Å². The number of benzene rings is 3. The van der Waals surface area contributed by atoms with Crippen LogP contribution in [0.15, 0.2) is 36.4 Å². The van der Waals surface area contributed by atoms with Gasteiger partial charge in [-0.05, 0) is 118 Å². The Morgan fingerprint density at radius 2 is 0.550 bits per heavy atom. The average Bonchev–Trinajstić information content (AvgIpc) is 3.42. The molecule has 0 nitrogen and oxygen atoms in total. The fourth-order valence-corrected chi connectivity index (χ4v) is 13.8. The third kappa shape index (κ3) is 11.1. The Kier molecular flexibility index (Phi) is 13.6. The van der Waals surface area contributed by atoms with E-state index in [4.69, 9.17) is 0 Å². The van der Waals surface area contributed by atoms with Crippen LogP contribution in [0.5, 0.6) is 0 Å². The van der Waals surface area contributed by atoms with Crippen LogP contribution >= 0.6 is 24.6 Å². The maximum atomic E-state index is 2.59. The second kappa shape index (κ2) is 16.0.